The minimum Gasteiger partial charge on any atom is -0.399 e. The number of benzene rings is 1. The van der Waals surface area contributed by atoms with Crippen LogP contribution >= 0.6 is 0 Å². The molecule has 0 N–H and O–H groups in total. The van der Waals surface area contributed by atoms with E-state index in [0.29, 0.717) is 35.2 Å². The molecule has 0 bridgehead atoms. The highest BCUT2D eigenvalue weighted by Crippen LogP contribution is 2.37. The molecule has 1 aromatic heterocycles. The molecule has 1 atom stereocenters. The Kier molecular flexibility index (Phi) is 7.51. The zero-order valence-electron chi connectivity index (χ0n) is 19.9. The number of carbonyl (C=O) groups is 1. The highest BCUT2D eigenvalue weighted by atomic mass is 32.2. The monoisotopic (exact) mass is 511 g/mol. The Morgan fingerprint density at radius 1 is 1.24 bits per heavy atom. The molecule has 0 saturated carbocycles. The third kappa shape index (κ3) is 4.74. The fourth-order valence-corrected chi connectivity index (χ4v) is 7.27. The van der Waals surface area contributed by atoms with Gasteiger partial charge in [-0.15, -0.1) is 0 Å². The molecule has 186 valence electrons. The maximum absolute atomic E-state index is 13.7. The fraction of sp³-hybridized carbons (Fsp3) is 0.500. The number of Topliss-reactive ketones (excluding diaryl/α,β-unsaturated/α-hetero) is 1. The third-order valence-electron chi connectivity index (χ3n) is 5.69. The summed E-state index contributed by atoms with van der Waals surface area (Å²) >= 11 is 0. The van der Waals surface area contributed by atoms with Gasteiger partial charge >= 0.3 is 10.1 Å². The lowest BCUT2D eigenvalue weighted by Crippen LogP contribution is -2.39. The average Bonchev–Trinajstić information content (AvgIpc) is 3.17. The lowest BCUT2D eigenvalue weighted by atomic mass is 9.95. The molecule has 12 heteroatoms. The van der Waals surface area contributed by atoms with Crippen LogP contribution in [0, 0.1) is 13.8 Å². The molecular formula is C22H29N3O7S2. The van der Waals surface area contributed by atoms with E-state index in [1.807, 2.05) is 6.92 Å². The van der Waals surface area contributed by atoms with Crippen LogP contribution in [0.5, 0.6) is 5.88 Å². The van der Waals surface area contributed by atoms with Crippen molar-refractivity contribution in [2.24, 2.45) is 5.16 Å². The fourth-order valence-electron chi connectivity index (χ4n) is 3.98. The molecule has 0 radical (unpaired) electrons. The Labute approximate surface area is 200 Å². The number of ketones is 1. The number of unbranched alkanes of at least 4 members (excludes halogenated alkanes) is 1. The zero-order chi connectivity index (χ0) is 25.3. The van der Waals surface area contributed by atoms with Crippen molar-refractivity contribution in [3.63, 3.8) is 0 Å². The molecule has 0 saturated heterocycles. The molecule has 0 amide bonds. The van der Waals surface area contributed by atoms with Crippen molar-refractivity contribution < 1.29 is 30.7 Å². The van der Waals surface area contributed by atoms with Gasteiger partial charge < -0.3 is 9.02 Å². The van der Waals surface area contributed by atoms with E-state index >= 15 is 0 Å². The molecule has 1 unspecified atom stereocenters. The van der Waals surface area contributed by atoms with Crippen LogP contribution in [-0.2, 0) is 31.3 Å². The second-order valence-electron chi connectivity index (χ2n) is 8.10. The van der Waals surface area contributed by atoms with E-state index in [1.54, 1.807) is 32.9 Å². The van der Waals surface area contributed by atoms with Crippen LogP contribution in [0.3, 0.4) is 0 Å². The highest BCUT2D eigenvalue weighted by Gasteiger charge is 2.45. The molecule has 2 heterocycles. The van der Waals surface area contributed by atoms with Crippen LogP contribution in [0.2, 0.25) is 0 Å². The summed E-state index contributed by atoms with van der Waals surface area (Å²) in [6.45, 7) is 7.18. The number of fused-ring (bicyclic) bond motifs is 1. The first kappa shape index (κ1) is 25.9. The van der Waals surface area contributed by atoms with Crippen molar-refractivity contribution in [3.8, 4) is 5.88 Å². The minimum absolute atomic E-state index is 0.0221. The number of sulfone groups is 1. The van der Waals surface area contributed by atoms with Crippen molar-refractivity contribution in [1.82, 2.24) is 9.78 Å². The van der Waals surface area contributed by atoms with Gasteiger partial charge in [0.1, 0.15) is 17.9 Å². The summed E-state index contributed by atoms with van der Waals surface area (Å²) < 4.78 is 58.7. The highest BCUT2D eigenvalue weighted by molar-refractivity contribution is 7.93. The van der Waals surface area contributed by atoms with Crippen molar-refractivity contribution in [2.45, 2.75) is 63.6 Å². The number of aryl methyl sites for hydroxylation is 3. The zero-order valence-corrected chi connectivity index (χ0v) is 21.5. The molecule has 0 aliphatic carbocycles. The largest absolute Gasteiger partial charge is 0.399 e. The summed E-state index contributed by atoms with van der Waals surface area (Å²) in [6, 6.07) is 3.46. The van der Waals surface area contributed by atoms with Gasteiger partial charge in [0.15, 0.2) is 15.6 Å². The van der Waals surface area contributed by atoms with Crippen LogP contribution in [-0.4, -0.2) is 56.2 Å². The molecule has 0 fully saturated rings. The third-order valence-corrected chi connectivity index (χ3v) is 9.12. The maximum atomic E-state index is 13.7. The van der Waals surface area contributed by atoms with E-state index in [9.17, 15) is 21.6 Å². The molecule has 1 aromatic carbocycles. The quantitative estimate of drug-likeness (QED) is 0.285. The Balaban J connectivity index is 2.13. The predicted molar refractivity (Wildman–Crippen MR) is 127 cm³/mol. The van der Waals surface area contributed by atoms with Crippen LogP contribution in [0.25, 0.3) is 0 Å². The van der Waals surface area contributed by atoms with Crippen LogP contribution in [0.15, 0.2) is 28.4 Å². The predicted octanol–water partition coefficient (Wildman–Crippen LogP) is 2.81. The van der Waals surface area contributed by atoms with E-state index in [1.165, 1.54) is 11.8 Å². The number of carbonyl (C=O) groups excluding carboxylic acids is 1. The number of oxime groups is 1. The molecule has 1 aliphatic heterocycles. The number of aromatic nitrogens is 2. The standard InChI is InChI=1S/C22H29N3O7S2/c1-6-8-11-33(27,28)32-22-16(13-23-25(22)7-2)20(26)18-12-17(24-31-5)19-14(3)9-10-15(4)21(19)34(18,29)30/h9-10,13,18H,6-8,11-12H2,1-5H3. The van der Waals surface area contributed by atoms with Crippen molar-refractivity contribution in [1.29, 1.82) is 0 Å². The molecular weight excluding hydrogens is 482 g/mol. The molecule has 3 rings (SSSR count). The van der Waals surface area contributed by atoms with E-state index < -0.39 is 31.0 Å². The van der Waals surface area contributed by atoms with Gasteiger partial charge in [0, 0.05) is 18.5 Å². The summed E-state index contributed by atoms with van der Waals surface area (Å²) in [7, 11) is -6.79. The number of rotatable bonds is 9. The topological polar surface area (TPSA) is 134 Å². The average molecular weight is 512 g/mol. The van der Waals surface area contributed by atoms with Crippen molar-refractivity contribution in [2.75, 3.05) is 12.9 Å². The maximum Gasteiger partial charge on any atom is 0.310 e. The molecule has 2 aromatic rings. The van der Waals surface area contributed by atoms with E-state index in [0.717, 1.165) is 6.20 Å². The first-order valence-electron chi connectivity index (χ1n) is 10.9. The molecule has 10 nitrogen and oxygen atoms in total. The molecule has 34 heavy (non-hydrogen) atoms. The van der Waals surface area contributed by atoms with Crippen LogP contribution in [0.4, 0.5) is 0 Å². The van der Waals surface area contributed by atoms with Gasteiger partial charge in [-0.1, -0.05) is 30.6 Å². The number of nitrogens with zero attached hydrogens (tertiary/aromatic N) is 3. The Morgan fingerprint density at radius 3 is 2.53 bits per heavy atom. The van der Waals surface area contributed by atoms with Crippen LogP contribution in [0.1, 0.15) is 60.2 Å². The van der Waals surface area contributed by atoms with Crippen LogP contribution < -0.4 is 4.18 Å². The smallest absolute Gasteiger partial charge is 0.310 e. The van der Waals surface area contributed by atoms with E-state index in [2.05, 4.69) is 10.3 Å². The minimum atomic E-state index is -4.13. The summed E-state index contributed by atoms with van der Waals surface area (Å²) in [5.41, 5.74) is 1.71. The van der Waals surface area contributed by atoms with Gasteiger partial charge in [-0.2, -0.15) is 13.5 Å². The first-order chi connectivity index (χ1) is 16.0. The Hall–Kier alpha value is -2.73. The lowest BCUT2D eigenvalue weighted by Gasteiger charge is -2.27. The van der Waals surface area contributed by atoms with Crippen molar-refractivity contribution in [3.05, 3.63) is 40.6 Å². The normalized spacial score (nSPS) is 18.5. The SMILES string of the molecule is CCCCS(=O)(=O)Oc1c(C(=O)C2CC(=NOC)c3c(C)ccc(C)c3S2(=O)=O)cnn1CC. The summed E-state index contributed by atoms with van der Waals surface area (Å²) in [5, 5.41) is 6.52. The summed E-state index contributed by atoms with van der Waals surface area (Å²) in [4.78, 5) is 18.6. The number of hydrogen-bond donors (Lipinski definition) is 0. The second-order valence-corrected chi connectivity index (χ2v) is 11.9. The van der Waals surface area contributed by atoms with Crippen molar-refractivity contribution >= 4 is 31.5 Å². The van der Waals surface area contributed by atoms with Gasteiger partial charge in [-0.05, 0) is 38.3 Å². The summed E-state index contributed by atoms with van der Waals surface area (Å²) in [6.07, 6.45) is 1.94. The van der Waals surface area contributed by atoms with Gasteiger partial charge in [0.25, 0.3) is 0 Å². The Morgan fingerprint density at radius 2 is 1.91 bits per heavy atom. The molecule has 1 aliphatic rings. The molecule has 0 spiro atoms. The second kappa shape index (κ2) is 9.87. The number of hydrogen-bond acceptors (Lipinski definition) is 9. The van der Waals surface area contributed by atoms with Gasteiger partial charge in [-0.25, -0.2) is 13.1 Å². The van der Waals surface area contributed by atoms with Gasteiger partial charge in [0.2, 0.25) is 5.88 Å². The van der Waals surface area contributed by atoms with E-state index in [-0.39, 0.29) is 35.1 Å². The lowest BCUT2D eigenvalue weighted by molar-refractivity contribution is 0.0986. The summed E-state index contributed by atoms with van der Waals surface area (Å²) in [5.74, 6) is -1.32. The van der Waals surface area contributed by atoms with Gasteiger partial charge in [0.05, 0.1) is 22.6 Å². The Bertz CT molecular complexity index is 1340. The first-order valence-corrected chi connectivity index (χ1v) is 14.1. The van der Waals surface area contributed by atoms with Gasteiger partial charge in [-0.3, -0.25) is 4.79 Å². The van der Waals surface area contributed by atoms with E-state index in [4.69, 9.17) is 9.02 Å².